The molecule has 1 aliphatic heterocycles. The topological polar surface area (TPSA) is 46.3 Å². The molecular formula is C17H21N5. The van der Waals surface area contributed by atoms with Crippen molar-refractivity contribution in [3.8, 4) is 0 Å². The van der Waals surface area contributed by atoms with Crippen molar-refractivity contribution in [2.24, 2.45) is 11.8 Å². The molecule has 1 saturated heterocycles. The Balaban J connectivity index is 1.95. The third-order valence-corrected chi connectivity index (χ3v) is 4.42. The average Bonchev–Trinajstić information content (AvgIpc) is 2.87. The zero-order chi connectivity index (χ0) is 15.3. The van der Waals surface area contributed by atoms with Crippen LogP contribution in [0.25, 0.3) is 16.6 Å². The van der Waals surface area contributed by atoms with Crippen LogP contribution in [-0.2, 0) is 0 Å². The number of anilines is 1. The predicted octanol–water partition coefficient (Wildman–Crippen LogP) is 3.07. The summed E-state index contributed by atoms with van der Waals surface area (Å²) in [7, 11) is 0. The first-order chi connectivity index (χ1) is 10.6. The second-order valence-corrected chi connectivity index (χ2v) is 6.67. The first kappa shape index (κ1) is 13.5. The van der Waals surface area contributed by atoms with Gasteiger partial charge in [-0.1, -0.05) is 26.0 Å². The van der Waals surface area contributed by atoms with E-state index in [-0.39, 0.29) is 0 Å². The molecule has 1 fully saturated rings. The summed E-state index contributed by atoms with van der Waals surface area (Å²) in [4.78, 5) is 11.9. The minimum atomic E-state index is 0.677. The van der Waals surface area contributed by atoms with Gasteiger partial charge in [-0.3, -0.25) is 0 Å². The van der Waals surface area contributed by atoms with Crippen molar-refractivity contribution in [2.75, 3.05) is 18.0 Å². The highest BCUT2D eigenvalue weighted by molar-refractivity contribution is 5.92. The largest absolute Gasteiger partial charge is 0.340 e. The fourth-order valence-corrected chi connectivity index (χ4v) is 3.68. The van der Waals surface area contributed by atoms with Crippen molar-refractivity contribution in [3.05, 3.63) is 30.1 Å². The van der Waals surface area contributed by atoms with Crippen LogP contribution in [0.5, 0.6) is 0 Å². The zero-order valence-corrected chi connectivity index (χ0v) is 13.3. The standard InChI is InChI=1S/C17H21N5/c1-11-8-12(2)10-21(9-11)17-19-15-7-5-4-6-14(15)16-18-13(3)20-22(16)17/h4-7,11-12H,8-10H2,1-3H3/t11-,12-/m0/s1. The van der Waals surface area contributed by atoms with E-state index < -0.39 is 0 Å². The third-order valence-electron chi connectivity index (χ3n) is 4.42. The van der Waals surface area contributed by atoms with Gasteiger partial charge in [-0.15, -0.1) is 5.10 Å². The van der Waals surface area contributed by atoms with Gasteiger partial charge in [0.1, 0.15) is 5.82 Å². The molecule has 1 aliphatic rings. The molecule has 4 rings (SSSR count). The first-order valence-corrected chi connectivity index (χ1v) is 7.99. The number of para-hydroxylation sites is 1. The van der Waals surface area contributed by atoms with Crippen LogP contribution >= 0.6 is 0 Å². The summed E-state index contributed by atoms with van der Waals surface area (Å²) < 4.78 is 1.92. The number of fused-ring (bicyclic) bond motifs is 3. The normalized spacial score (nSPS) is 22.6. The Morgan fingerprint density at radius 3 is 2.55 bits per heavy atom. The predicted molar refractivity (Wildman–Crippen MR) is 88.2 cm³/mol. The highest BCUT2D eigenvalue weighted by atomic mass is 15.4. The average molecular weight is 295 g/mol. The Labute approximate surface area is 130 Å². The van der Waals surface area contributed by atoms with Crippen LogP contribution < -0.4 is 4.90 Å². The van der Waals surface area contributed by atoms with E-state index in [2.05, 4.69) is 41.0 Å². The molecule has 22 heavy (non-hydrogen) atoms. The molecule has 0 aliphatic carbocycles. The second kappa shape index (κ2) is 4.93. The molecule has 0 bridgehead atoms. The number of aromatic nitrogens is 4. The van der Waals surface area contributed by atoms with E-state index in [9.17, 15) is 0 Å². The maximum Gasteiger partial charge on any atom is 0.229 e. The van der Waals surface area contributed by atoms with E-state index in [1.165, 1.54) is 6.42 Å². The quantitative estimate of drug-likeness (QED) is 0.692. The molecule has 0 radical (unpaired) electrons. The van der Waals surface area contributed by atoms with Crippen LogP contribution in [-0.4, -0.2) is 32.7 Å². The molecule has 114 valence electrons. The summed E-state index contributed by atoms with van der Waals surface area (Å²) in [5, 5.41) is 5.65. The van der Waals surface area contributed by atoms with Crippen molar-refractivity contribution in [1.82, 2.24) is 19.6 Å². The summed E-state index contributed by atoms with van der Waals surface area (Å²) in [5.41, 5.74) is 1.90. The molecule has 0 spiro atoms. The fraction of sp³-hybridized carbons (Fsp3) is 0.471. The Morgan fingerprint density at radius 1 is 1.05 bits per heavy atom. The van der Waals surface area contributed by atoms with Crippen LogP contribution in [0.3, 0.4) is 0 Å². The minimum Gasteiger partial charge on any atom is -0.340 e. The van der Waals surface area contributed by atoms with Crippen LogP contribution in [0.1, 0.15) is 26.1 Å². The van der Waals surface area contributed by atoms with E-state index in [0.29, 0.717) is 11.8 Å². The van der Waals surface area contributed by atoms with Crippen LogP contribution in [0.2, 0.25) is 0 Å². The molecule has 2 atom stereocenters. The second-order valence-electron chi connectivity index (χ2n) is 6.67. The van der Waals surface area contributed by atoms with E-state index in [1.807, 2.05) is 23.6 Å². The molecule has 0 unspecified atom stereocenters. The minimum absolute atomic E-state index is 0.677. The van der Waals surface area contributed by atoms with Gasteiger partial charge < -0.3 is 4.90 Å². The summed E-state index contributed by atoms with van der Waals surface area (Å²) >= 11 is 0. The Morgan fingerprint density at radius 2 is 1.77 bits per heavy atom. The molecular weight excluding hydrogens is 274 g/mol. The van der Waals surface area contributed by atoms with E-state index in [4.69, 9.17) is 4.98 Å². The van der Waals surface area contributed by atoms with Crippen LogP contribution in [0, 0.1) is 18.8 Å². The van der Waals surface area contributed by atoms with Gasteiger partial charge in [-0.2, -0.15) is 4.52 Å². The SMILES string of the molecule is Cc1nc2c3ccccc3nc(N3C[C@@H](C)C[C@H](C)C3)n2n1. The van der Waals surface area contributed by atoms with Crippen molar-refractivity contribution < 1.29 is 0 Å². The van der Waals surface area contributed by atoms with Gasteiger partial charge in [0.05, 0.1) is 5.52 Å². The van der Waals surface area contributed by atoms with Crippen molar-refractivity contribution in [3.63, 3.8) is 0 Å². The lowest BCUT2D eigenvalue weighted by Crippen LogP contribution is -2.40. The number of hydrogen-bond acceptors (Lipinski definition) is 4. The first-order valence-electron chi connectivity index (χ1n) is 7.99. The molecule has 1 aromatic carbocycles. The number of nitrogens with zero attached hydrogens (tertiary/aromatic N) is 5. The number of piperidine rings is 1. The maximum atomic E-state index is 4.90. The van der Waals surface area contributed by atoms with Gasteiger partial charge in [0.25, 0.3) is 0 Å². The lowest BCUT2D eigenvalue weighted by molar-refractivity contribution is 0.352. The van der Waals surface area contributed by atoms with Gasteiger partial charge in [-0.25, -0.2) is 9.97 Å². The van der Waals surface area contributed by atoms with Gasteiger partial charge in [0, 0.05) is 18.5 Å². The van der Waals surface area contributed by atoms with Gasteiger partial charge in [-0.05, 0) is 37.3 Å². The Bertz CT molecular complexity index is 828. The fourth-order valence-electron chi connectivity index (χ4n) is 3.68. The Kier molecular flexibility index (Phi) is 3.03. The molecule has 0 saturated carbocycles. The van der Waals surface area contributed by atoms with Crippen molar-refractivity contribution in [1.29, 1.82) is 0 Å². The Hall–Kier alpha value is -2.17. The monoisotopic (exact) mass is 295 g/mol. The number of aryl methyl sites for hydroxylation is 1. The lowest BCUT2D eigenvalue weighted by atomic mass is 9.92. The highest BCUT2D eigenvalue weighted by Gasteiger charge is 2.25. The maximum absolute atomic E-state index is 4.90. The molecule has 5 nitrogen and oxygen atoms in total. The zero-order valence-electron chi connectivity index (χ0n) is 13.3. The molecule has 0 amide bonds. The third kappa shape index (κ3) is 2.12. The summed E-state index contributed by atoms with van der Waals surface area (Å²) in [5.74, 6) is 3.07. The lowest BCUT2D eigenvalue weighted by Gasteiger charge is -2.35. The van der Waals surface area contributed by atoms with Gasteiger partial charge >= 0.3 is 0 Å². The van der Waals surface area contributed by atoms with E-state index in [1.54, 1.807) is 0 Å². The number of benzene rings is 1. The molecule has 0 N–H and O–H groups in total. The van der Waals surface area contributed by atoms with Gasteiger partial charge in [0.2, 0.25) is 5.95 Å². The van der Waals surface area contributed by atoms with E-state index >= 15 is 0 Å². The summed E-state index contributed by atoms with van der Waals surface area (Å²) in [6, 6.07) is 8.18. The molecule has 3 aromatic rings. The van der Waals surface area contributed by atoms with Crippen LogP contribution in [0.15, 0.2) is 24.3 Å². The molecule has 3 heterocycles. The van der Waals surface area contributed by atoms with Gasteiger partial charge in [0.15, 0.2) is 5.65 Å². The van der Waals surface area contributed by atoms with Crippen LogP contribution in [0.4, 0.5) is 5.95 Å². The number of hydrogen-bond donors (Lipinski definition) is 0. The highest BCUT2D eigenvalue weighted by Crippen LogP contribution is 2.28. The number of rotatable bonds is 1. The van der Waals surface area contributed by atoms with Crippen molar-refractivity contribution in [2.45, 2.75) is 27.2 Å². The smallest absolute Gasteiger partial charge is 0.229 e. The van der Waals surface area contributed by atoms with Crippen molar-refractivity contribution >= 4 is 22.5 Å². The molecule has 2 aromatic heterocycles. The molecule has 5 heteroatoms. The summed E-state index contributed by atoms with van der Waals surface area (Å²) in [6.45, 7) is 8.63. The summed E-state index contributed by atoms with van der Waals surface area (Å²) in [6.07, 6.45) is 1.28. The van der Waals surface area contributed by atoms with E-state index in [0.717, 1.165) is 41.4 Å².